The first-order chi connectivity index (χ1) is 18.3. The van der Waals surface area contributed by atoms with Crippen LogP contribution >= 0.6 is 11.8 Å². The number of halogens is 2. The number of hydrogen-bond acceptors (Lipinski definition) is 6. The van der Waals surface area contributed by atoms with Crippen molar-refractivity contribution < 1.29 is 23.4 Å². The molecule has 6 nitrogen and oxygen atoms in total. The minimum atomic E-state index is -2.62. The molecule has 1 saturated carbocycles. The minimum absolute atomic E-state index is 0.163. The largest absolute Gasteiger partial charge is 0.492 e. The lowest BCUT2D eigenvalue weighted by Gasteiger charge is -2.31. The molecule has 0 atom stereocenters. The normalized spacial score (nSPS) is 17.4. The summed E-state index contributed by atoms with van der Waals surface area (Å²) in [6, 6.07) is 5.47. The number of carbonyl (C=O) groups excluding carboxylic acids is 1. The molecule has 2 heterocycles. The molecule has 38 heavy (non-hydrogen) atoms. The van der Waals surface area contributed by atoms with E-state index < -0.39 is 11.8 Å². The van der Waals surface area contributed by atoms with Gasteiger partial charge in [-0.05, 0) is 43.7 Å². The fourth-order valence-electron chi connectivity index (χ4n) is 4.73. The van der Waals surface area contributed by atoms with Crippen molar-refractivity contribution in [3.8, 4) is 5.75 Å². The van der Waals surface area contributed by atoms with Crippen molar-refractivity contribution in [3.63, 3.8) is 0 Å². The van der Waals surface area contributed by atoms with Gasteiger partial charge >= 0.3 is 0 Å². The van der Waals surface area contributed by atoms with Gasteiger partial charge in [-0.2, -0.15) is 0 Å². The molecule has 0 radical (unpaired) electrons. The monoisotopic (exact) mass is 553 g/mol. The molecule has 0 bridgehead atoms. The molecule has 4 rings (SSSR count). The zero-order chi connectivity index (χ0) is 28.6. The second kappa shape index (κ2) is 18.1. The molecule has 0 saturated heterocycles. The first-order valence-corrected chi connectivity index (χ1v) is 14.2. The van der Waals surface area contributed by atoms with Gasteiger partial charge in [-0.15, -0.1) is 24.9 Å². The van der Waals surface area contributed by atoms with E-state index in [0.717, 1.165) is 68.6 Å². The highest BCUT2D eigenvalue weighted by atomic mass is 32.2. The SMILES string of the molecule is C=C.C=NC1=C(SCC(C)(F)F)CCN(CCC2CCCCC2)C1.CO.NC(=O)c1cccc2c1OCC2. The summed E-state index contributed by atoms with van der Waals surface area (Å²) in [4.78, 5) is 18.4. The van der Waals surface area contributed by atoms with Crippen molar-refractivity contribution in [3.05, 3.63) is 53.1 Å². The summed E-state index contributed by atoms with van der Waals surface area (Å²) in [5, 5.41) is 7.00. The predicted molar refractivity (Wildman–Crippen MR) is 155 cm³/mol. The highest BCUT2D eigenvalue weighted by Crippen LogP contribution is 2.33. The topological polar surface area (TPSA) is 88.1 Å². The number of carbonyl (C=O) groups is 1. The Kier molecular flexibility index (Phi) is 16.1. The van der Waals surface area contributed by atoms with Gasteiger partial charge in [0, 0.05) is 38.4 Å². The van der Waals surface area contributed by atoms with Crippen LogP contribution in [0.25, 0.3) is 0 Å². The molecule has 1 aliphatic carbocycles. The van der Waals surface area contributed by atoms with E-state index in [-0.39, 0.29) is 5.75 Å². The summed E-state index contributed by atoms with van der Waals surface area (Å²) in [5.41, 5.74) is 7.64. The molecule has 0 spiro atoms. The Bertz CT molecular complexity index is 900. The van der Waals surface area contributed by atoms with Crippen LogP contribution in [0.1, 0.15) is 67.8 Å². The maximum absolute atomic E-state index is 13.0. The number of thioether (sulfide) groups is 1. The molecule has 1 aromatic rings. The zero-order valence-electron chi connectivity index (χ0n) is 23.0. The molecule has 214 valence electrons. The summed E-state index contributed by atoms with van der Waals surface area (Å²) < 4.78 is 31.3. The number of aliphatic imine (C=N–C) groups is 1. The van der Waals surface area contributed by atoms with Crippen LogP contribution < -0.4 is 10.5 Å². The van der Waals surface area contributed by atoms with Crippen LogP contribution in [0, 0.1) is 5.92 Å². The Morgan fingerprint density at radius 1 is 1.24 bits per heavy atom. The van der Waals surface area contributed by atoms with Crippen molar-refractivity contribution in [2.24, 2.45) is 16.6 Å². The van der Waals surface area contributed by atoms with Gasteiger partial charge in [-0.25, -0.2) is 8.78 Å². The van der Waals surface area contributed by atoms with Gasteiger partial charge in [0.25, 0.3) is 11.8 Å². The third kappa shape index (κ3) is 11.7. The molecule has 0 unspecified atom stereocenters. The van der Waals surface area contributed by atoms with Crippen molar-refractivity contribution in [2.45, 2.75) is 64.2 Å². The summed E-state index contributed by atoms with van der Waals surface area (Å²) in [6.07, 6.45) is 9.89. The van der Waals surface area contributed by atoms with E-state index in [4.69, 9.17) is 15.6 Å². The Morgan fingerprint density at radius 2 is 1.92 bits per heavy atom. The number of amides is 1. The van der Waals surface area contributed by atoms with E-state index >= 15 is 0 Å². The Morgan fingerprint density at radius 3 is 2.53 bits per heavy atom. The lowest BCUT2D eigenvalue weighted by molar-refractivity contribution is 0.0493. The van der Waals surface area contributed by atoms with Crippen LogP contribution in [0.5, 0.6) is 5.75 Å². The number of nitrogens with zero attached hydrogens (tertiary/aromatic N) is 2. The van der Waals surface area contributed by atoms with E-state index in [0.29, 0.717) is 17.9 Å². The van der Waals surface area contributed by atoms with Crippen LogP contribution in [0.3, 0.4) is 0 Å². The maximum Gasteiger partial charge on any atom is 0.254 e. The van der Waals surface area contributed by atoms with Gasteiger partial charge < -0.3 is 15.6 Å². The predicted octanol–water partition coefficient (Wildman–Crippen LogP) is 6.09. The number of benzene rings is 1. The fourth-order valence-corrected chi connectivity index (χ4v) is 5.69. The number of alkyl halides is 2. The van der Waals surface area contributed by atoms with E-state index in [9.17, 15) is 13.6 Å². The lowest BCUT2D eigenvalue weighted by Crippen LogP contribution is -2.33. The number of fused-ring (bicyclic) bond motifs is 1. The number of nitrogens with two attached hydrogens (primary N) is 1. The van der Waals surface area contributed by atoms with E-state index in [1.165, 1.54) is 50.3 Å². The third-order valence-corrected chi connectivity index (χ3v) is 8.04. The standard InChI is InChI=1S/C17H28F2N2S.C9H9NO2.C2H4.CH4O/c1-17(18,19)13-22-16-9-11-21(12-15(16)20-2)10-8-14-6-4-3-5-7-14;10-9(11)7-3-1-2-6-4-5-12-8(6)7;2*1-2/h14H,2-13H2,1H3;1-3H,4-5H2,(H2,10,11);1-2H2;2H,1H3. The summed E-state index contributed by atoms with van der Waals surface area (Å²) in [5.74, 6) is -1.66. The molecule has 1 fully saturated rings. The highest BCUT2D eigenvalue weighted by molar-refractivity contribution is 8.03. The molecule has 2 aliphatic heterocycles. The zero-order valence-corrected chi connectivity index (χ0v) is 23.8. The number of primary amides is 1. The van der Waals surface area contributed by atoms with E-state index in [1.807, 2.05) is 12.1 Å². The Balaban J connectivity index is 0.000000379. The average molecular weight is 554 g/mol. The quantitative estimate of drug-likeness (QED) is 0.300. The lowest BCUT2D eigenvalue weighted by atomic mass is 9.87. The number of rotatable bonds is 8. The van der Waals surface area contributed by atoms with Crippen LogP contribution in [-0.2, 0) is 6.42 Å². The van der Waals surface area contributed by atoms with Crippen LogP contribution in [0.4, 0.5) is 8.78 Å². The van der Waals surface area contributed by atoms with Crippen molar-refractivity contribution in [2.75, 3.05) is 39.1 Å². The molecule has 3 aliphatic rings. The van der Waals surface area contributed by atoms with E-state index in [2.05, 4.69) is 29.8 Å². The molecular formula is C29H45F2N3O3S. The van der Waals surface area contributed by atoms with Gasteiger partial charge in [-0.3, -0.25) is 14.7 Å². The highest BCUT2D eigenvalue weighted by Gasteiger charge is 2.25. The smallest absolute Gasteiger partial charge is 0.254 e. The molecule has 1 aromatic carbocycles. The van der Waals surface area contributed by atoms with Gasteiger partial charge in [0.1, 0.15) is 5.75 Å². The minimum Gasteiger partial charge on any atom is -0.492 e. The fraction of sp³-hybridized carbons (Fsp3) is 0.586. The van der Waals surface area contributed by atoms with Crippen molar-refractivity contribution >= 4 is 24.4 Å². The summed E-state index contributed by atoms with van der Waals surface area (Å²) in [7, 11) is 1.00. The Labute approximate surface area is 231 Å². The second-order valence-corrected chi connectivity index (χ2v) is 10.5. The third-order valence-electron chi connectivity index (χ3n) is 6.60. The van der Waals surface area contributed by atoms with Gasteiger partial charge in [0.05, 0.1) is 23.6 Å². The van der Waals surface area contributed by atoms with Crippen LogP contribution in [0.2, 0.25) is 0 Å². The van der Waals surface area contributed by atoms with Crippen LogP contribution in [0.15, 0.2) is 47.0 Å². The number of para-hydroxylation sites is 1. The second-order valence-electron chi connectivity index (χ2n) is 9.46. The van der Waals surface area contributed by atoms with Crippen LogP contribution in [-0.4, -0.2) is 67.7 Å². The number of ether oxygens (including phenoxy) is 1. The molecule has 1 amide bonds. The Hall–Kier alpha value is -2.23. The first kappa shape index (κ1) is 33.8. The first-order valence-electron chi connectivity index (χ1n) is 13.2. The van der Waals surface area contributed by atoms with Gasteiger partial charge in [-0.1, -0.05) is 44.2 Å². The molecule has 0 aromatic heterocycles. The molecular weight excluding hydrogens is 508 g/mol. The van der Waals surface area contributed by atoms with Crippen molar-refractivity contribution in [1.29, 1.82) is 0 Å². The number of hydrogen-bond donors (Lipinski definition) is 2. The summed E-state index contributed by atoms with van der Waals surface area (Å²) in [6.45, 7) is 14.1. The van der Waals surface area contributed by atoms with Crippen molar-refractivity contribution in [1.82, 2.24) is 4.90 Å². The maximum atomic E-state index is 13.0. The number of aliphatic hydroxyl groups is 1. The van der Waals surface area contributed by atoms with Gasteiger partial charge in [0.15, 0.2) is 0 Å². The van der Waals surface area contributed by atoms with E-state index in [1.54, 1.807) is 6.07 Å². The number of aliphatic hydroxyl groups excluding tert-OH is 1. The summed E-state index contributed by atoms with van der Waals surface area (Å²) >= 11 is 1.25. The average Bonchev–Trinajstić information content (AvgIpc) is 3.43. The van der Waals surface area contributed by atoms with Gasteiger partial charge in [0.2, 0.25) is 0 Å². The molecule has 3 N–H and O–H groups in total. The molecule has 9 heteroatoms.